The lowest BCUT2D eigenvalue weighted by molar-refractivity contribution is -0.145. The van der Waals surface area contributed by atoms with Gasteiger partial charge in [0.2, 0.25) is 0 Å². The van der Waals surface area contributed by atoms with Crippen LogP contribution in [0, 0.1) is 11.8 Å². The maximum absolute atomic E-state index is 14.0. The zero-order valence-corrected chi connectivity index (χ0v) is 13.7. The molecule has 0 unspecified atom stereocenters. The average molecular weight is 321 g/mol. The van der Waals surface area contributed by atoms with Gasteiger partial charge in [0.25, 0.3) is 0 Å². The summed E-state index contributed by atoms with van der Waals surface area (Å²) in [6, 6.07) is 7.71. The lowest BCUT2D eigenvalue weighted by Gasteiger charge is -2.34. The van der Waals surface area contributed by atoms with E-state index in [0.717, 1.165) is 18.4 Å². The van der Waals surface area contributed by atoms with Crippen LogP contribution in [-0.2, 0) is 9.53 Å². The van der Waals surface area contributed by atoms with Gasteiger partial charge in [0, 0.05) is 13.1 Å². The van der Waals surface area contributed by atoms with E-state index < -0.39 is 5.67 Å². The third-order valence-electron chi connectivity index (χ3n) is 4.87. The summed E-state index contributed by atoms with van der Waals surface area (Å²) in [5.74, 6) is 0.940. The van der Waals surface area contributed by atoms with Crippen molar-refractivity contribution < 1.29 is 18.7 Å². The van der Waals surface area contributed by atoms with Gasteiger partial charge in [-0.15, -0.1) is 0 Å². The Morgan fingerprint density at radius 3 is 2.74 bits per heavy atom. The van der Waals surface area contributed by atoms with Crippen molar-refractivity contribution in [3.8, 4) is 5.75 Å². The van der Waals surface area contributed by atoms with Crippen molar-refractivity contribution in [1.82, 2.24) is 5.32 Å². The lowest BCUT2D eigenvalue weighted by atomic mass is 9.83. The molecular weight excluding hydrogens is 297 g/mol. The number of rotatable bonds is 7. The van der Waals surface area contributed by atoms with Gasteiger partial charge in [-0.25, -0.2) is 4.39 Å². The SMILES string of the molecule is COC(=O)[C@@H](C)[C@H](c1cccc(OCC2(F)CNC2)c1)C1CC1. The second-order valence-corrected chi connectivity index (χ2v) is 6.79. The van der Waals surface area contributed by atoms with E-state index in [0.29, 0.717) is 24.8 Å². The first-order valence-corrected chi connectivity index (χ1v) is 8.23. The first kappa shape index (κ1) is 16.2. The molecule has 4 nitrogen and oxygen atoms in total. The minimum Gasteiger partial charge on any atom is -0.490 e. The summed E-state index contributed by atoms with van der Waals surface area (Å²) in [7, 11) is 1.43. The second kappa shape index (κ2) is 6.48. The molecule has 1 aliphatic carbocycles. The molecule has 5 heteroatoms. The molecule has 2 fully saturated rings. The topological polar surface area (TPSA) is 47.6 Å². The molecule has 0 radical (unpaired) electrons. The van der Waals surface area contributed by atoms with E-state index in [9.17, 15) is 9.18 Å². The summed E-state index contributed by atoms with van der Waals surface area (Å²) in [6.07, 6.45) is 2.27. The molecular formula is C18H24FNO3. The van der Waals surface area contributed by atoms with Crippen LogP contribution in [0.3, 0.4) is 0 Å². The van der Waals surface area contributed by atoms with Crippen molar-refractivity contribution >= 4 is 5.97 Å². The number of halogens is 1. The molecule has 0 amide bonds. The molecule has 1 saturated carbocycles. The van der Waals surface area contributed by atoms with E-state index in [1.54, 1.807) is 0 Å². The molecule has 0 spiro atoms. The molecule has 1 saturated heterocycles. The summed E-state index contributed by atoms with van der Waals surface area (Å²) >= 11 is 0. The quantitative estimate of drug-likeness (QED) is 0.785. The van der Waals surface area contributed by atoms with E-state index in [4.69, 9.17) is 9.47 Å². The standard InChI is InChI=1S/C18H24FNO3/c1-12(17(21)22-2)16(13-6-7-13)14-4-3-5-15(8-14)23-11-18(19)9-20-10-18/h3-5,8,12-13,16,20H,6-7,9-11H2,1-2H3/t12-,16-/m0/s1. The summed E-state index contributed by atoms with van der Waals surface area (Å²) in [6.45, 7) is 2.66. The third kappa shape index (κ3) is 3.66. The Labute approximate surface area is 136 Å². The zero-order chi connectivity index (χ0) is 16.4. The number of alkyl halides is 1. The second-order valence-electron chi connectivity index (χ2n) is 6.79. The molecule has 1 heterocycles. The van der Waals surface area contributed by atoms with E-state index in [1.807, 2.05) is 31.2 Å². The average Bonchev–Trinajstić information content (AvgIpc) is 3.35. The summed E-state index contributed by atoms with van der Waals surface area (Å²) in [5, 5.41) is 2.92. The van der Waals surface area contributed by atoms with E-state index in [2.05, 4.69) is 5.32 Å². The van der Waals surface area contributed by atoms with Gasteiger partial charge in [-0.05, 0) is 42.4 Å². The van der Waals surface area contributed by atoms with E-state index >= 15 is 0 Å². The van der Waals surface area contributed by atoms with E-state index in [1.165, 1.54) is 7.11 Å². The van der Waals surface area contributed by atoms with Crippen LogP contribution in [-0.4, -0.2) is 38.4 Å². The number of hydrogen-bond donors (Lipinski definition) is 1. The highest BCUT2D eigenvalue weighted by molar-refractivity contribution is 5.73. The molecule has 23 heavy (non-hydrogen) atoms. The molecule has 2 aliphatic rings. The van der Waals surface area contributed by atoms with E-state index in [-0.39, 0.29) is 24.4 Å². The fourth-order valence-corrected chi connectivity index (χ4v) is 3.28. The predicted octanol–water partition coefficient (Wildman–Crippen LogP) is 2.68. The molecule has 0 bridgehead atoms. The Hall–Kier alpha value is -1.62. The summed E-state index contributed by atoms with van der Waals surface area (Å²) < 4.78 is 24.6. The normalized spacial score (nSPS) is 21.9. The van der Waals surface area contributed by atoms with Crippen molar-refractivity contribution in [2.24, 2.45) is 11.8 Å². The molecule has 0 aromatic heterocycles. The number of ether oxygens (including phenoxy) is 2. The monoisotopic (exact) mass is 321 g/mol. The predicted molar refractivity (Wildman–Crippen MR) is 85.3 cm³/mol. The van der Waals surface area contributed by atoms with Crippen molar-refractivity contribution in [3.05, 3.63) is 29.8 Å². The smallest absolute Gasteiger partial charge is 0.309 e. The van der Waals surface area contributed by atoms with Crippen LogP contribution in [0.5, 0.6) is 5.75 Å². The largest absolute Gasteiger partial charge is 0.490 e. The highest BCUT2D eigenvalue weighted by Gasteiger charge is 2.40. The third-order valence-corrected chi connectivity index (χ3v) is 4.87. The van der Waals surface area contributed by atoms with Crippen LogP contribution in [0.2, 0.25) is 0 Å². The summed E-state index contributed by atoms with van der Waals surface area (Å²) in [4.78, 5) is 11.9. The minimum atomic E-state index is -1.26. The molecule has 1 aliphatic heterocycles. The number of nitrogens with one attached hydrogen (secondary N) is 1. The minimum absolute atomic E-state index is 0.0596. The molecule has 126 valence electrons. The first-order chi connectivity index (χ1) is 11.0. The number of esters is 1. The van der Waals surface area contributed by atoms with Gasteiger partial charge in [-0.1, -0.05) is 19.1 Å². The van der Waals surface area contributed by atoms with Crippen LogP contribution < -0.4 is 10.1 Å². The lowest BCUT2D eigenvalue weighted by Crippen LogP contribution is -2.59. The van der Waals surface area contributed by atoms with Gasteiger partial charge in [0.05, 0.1) is 13.0 Å². The molecule has 1 aromatic rings. The van der Waals surface area contributed by atoms with Gasteiger partial charge >= 0.3 is 5.97 Å². The van der Waals surface area contributed by atoms with Crippen LogP contribution in [0.15, 0.2) is 24.3 Å². The van der Waals surface area contributed by atoms with Crippen molar-refractivity contribution in [1.29, 1.82) is 0 Å². The number of methoxy groups -OCH3 is 1. The Bertz CT molecular complexity index is 569. The Morgan fingerprint density at radius 2 is 2.17 bits per heavy atom. The fourth-order valence-electron chi connectivity index (χ4n) is 3.28. The van der Waals surface area contributed by atoms with Crippen molar-refractivity contribution in [2.75, 3.05) is 26.8 Å². The number of carbonyl (C=O) groups excluding carboxylic acids is 1. The number of hydrogen-bond acceptors (Lipinski definition) is 4. The Balaban J connectivity index is 1.72. The van der Waals surface area contributed by atoms with Crippen LogP contribution >= 0.6 is 0 Å². The molecule has 1 N–H and O–H groups in total. The van der Waals surface area contributed by atoms with Gasteiger partial charge in [0.15, 0.2) is 5.67 Å². The summed E-state index contributed by atoms with van der Waals surface area (Å²) in [5.41, 5.74) is -0.187. The van der Waals surface area contributed by atoms with Crippen LogP contribution in [0.4, 0.5) is 4.39 Å². The van der Waals surface area contributed by atoms with Crippen LogP contribution in [0.1, 0.15) is 31.2 Å². The Morgan fingerprint density at radius 1 is 1.43 bits per heavy atom. The van der Waals surface area contributed by atoms with Gasteiger partial charge < -0.3 is 14.8 Å². The molecule has 3 rings (SSSR count). The van der Waals surface area contributed by atoms with Gasteiger partial charge in [-0.3, -0.25) is 4.79 Å². The fraction of sp³-hybridized carbons (Fsp3) is 0.611. The number of carbonyl (C=O) groups is 1. The van der Waals surface area contributed by atoms with Crippen molar-refractivity contribution in [3.63, 3.8) is 0 Å². The zero-order valence-electron chi connectivity index (χ0n) is 13.7. The van der Waals surface area contributed by atoms with Gasteiger partial charge in [0.1, 0.15) is 12.4 Å². The van der Waals surface area contributed by atoms with Crippen molar-refractivity contribution in [2.45, 2.75) is 31.4 Å². The highest BCUT2D eigenvalue weighted by Crippen LogP contribution is 2.47. The van der Waals surface area contributed by atoms with Gasteiger partial charge in [-0.2, -0.15) is 0 Å². The molecule has 2 atom stereocenters. The maximum Gasteiger partial charge on any atom is 0.309 e. The number of benzene rings is 1. The Kier molecular flexibility index (Phi) is 4.57. The van der Waals surface area contributed by atoms with Crippen LogP contribution in [0.25, 0.3) is 0 Å². The molecule has 1 aromatic carbocycles. The highest BCUT2D eigenvalue weighted by atomic mass is 19.1. The maximum atomic E-state index is 14.0. The first-order valence-electron chi connectivity index (χ1n) is 8.23.